The van der Waals surface area contributed by atoms with E-state index in [0.29, 0.717) is 13.2 Å². The zero-order chi connectivity index (χ0) is 14.5. The van der Waals surface area contributed by atoms with Crippen molar-refractivity contribution in [2.24, 2.45) is 0 Å². The first-order valence-corrected chi connectivity index (χ1v) is 7.55. The second-order valence-electron chi connectivity index (χ2n) is 5.42. The van der Waals surface area contributed by atoms with Crippen LogP contribution in [0.1, 0.15) is 24.0 Å². The molecule has 110 valence electrons. The average Bonchev–Trinajstić information content (AvgIpc) is 2.53. The van der Waals surface area contributed by atoms with Gasteiger partial charge in [0.2, 0.25) is 0 Å². The molecule has 0 saturated carbocycles. The van der Waals surface area contributed by atoms with E-state index < -0.39 is 0 Å². The van der Waals surface area contributed by atoms with Crippen molar-refractivity contribution < 1.29 is 9.13 Å². The van der Waals surface area contributed by atoms with Crippen LogP contribution >= 0.6 is 0 Å². The lowest BCUT2D eigenvalue weighted by atomic mass is 9.92. The molecule has 0 atom stereocenters. The lowest BCUT2D eigenvalue weighted by molar-refractivity contribution is 0.332. The number of rotatable bonds is 5. The molecule has 21 heavy (non-hydrogen) atoms. The summed E-state index contributed by atoms with van der Waals surface area (Å²) in [7, 11) is 0. The summed E-state index contributed by atoms with van der Waals surface area (Å²) in [5.74, 6) is 0.724. The van der Waals surface area contributed by atoms with Gasteiger partial charge in [0.25, 0.3) is 0 Å². The Morgan fingerprint density at radius 1 is 0.952 bits per heavy atom. The Kier molecular flexibility index (Phi) is 4.39. The van der Waals surface area contributed by atoms with Gasteiger partial charge in [0.05, 0.1) is 0 Å². The van der Waals surface area contributed by atoms with Crippen LogP contribution in [-0.4, -0.2) is 13.2 Å². The van der Waals surface area contributed by atoms with Crippen LogP contribution in [-0.2, 0) is 12.8 Å². The molecule has 0 amide bonds. The van der Waals surface area contributed by atoms with E-state index in [1.165, 1.54) is 48.9 Å². The fourth-order valence-electron chi connectivity index (χ4n) is 2.73. The van der Waals surface area contributed by atoms with Crippen LogP contribution in [0.15, 0.2) is 42.5 Å². The molecule has 0 unspecified atom stereocenters. The molecule has 3 rings (SSSR count). The van der Waals surface area contributed by atoms with Gasteiger partial charge in [0.1, 0.15) is 18.2 Å². The fraction of sp³-hybridized carbons (Fsp3) is 0.333. The van der Waals surface area contributed by atoms with Crippen LogP contribution in [0.5, 0.6) is 5.75 Å². The number of benzene rings is 2. The average molecular weight is 285 g/mol. The third-order valence-corrected chi connectivity index (χ3v) is 3.86. The lowest BCUT2D eigenvalue weighted by Gasteiger charge is -2.17. The third kappa shape index (κ3) is 3.75. The Hall–Kier alpha value is -2.03. The van der Waals surface area contributed by atoms with Crippen molar-refractivity contribution in [3.8, 4) is 5.75 Å². The van der Waals surface area contributed by atoms with E-state index >= 15 is 0 Å². The molecule has 0 aromatic heterocycles. The number of anilines is 1. The SMILES string of the molecule is Fc1ccc(NCCOc2ccc3c(c2)CCCC3)cc1. The Bertz CT molecular complexity index is 595. The molecule has 2 aromatic rings. The van der Waals surface area contributed by atoms with Gasteiger partial charge in [-0.15, -0.1) is 0 Å². The number of fused-ring (bicyclic) bond motifs is 1. The molecule has 3 heteroatoms. The van der Waals surface area contributed by atoms with E-state index in [1.807, 2.05) is 0 Å². The van der Waals surface area contributed by atoms with Crippen LogP contribution in [0, 0.1) is 5.82 Å². The zero-order valence-corrected chi connectivity index (χ0v) is 12.1. The summed E-state index contributed by atoms with van der Waals surface area (Å²) in [6.45, 7) is 1.29. The van der Waals surface area contributed by atoms with E-state index in [0.717, 1.165) is 11.4 Å². The van der Waals surface area contributed by atoms with Crippen molar-refractivity contribution in [2.45, 2.75) is 25.7 Å². The fourth-order valence-corrected chi connectivity index (χ4v) is 2.73. The lowest BCUT2D eigenvalue weighted by Crippen LogP contribution is -2.12. The smallest absolute Gasteiger partial charge is 0.123 e. The van der Waals surface area contributed by atoms with E-state index in [9.17, 15) is 4.39 Å². The van der Waals surface area contributed by atoms with Crippen LogP contribution in [0.25, 0.3) is 0 Å². The van der Waals surface area contributed by atoms with Gasteiger partial charge in [0, 0.05) is 12.2 Å². The van der Waals surface area contributed by atoms with Crippen LogP contribution in [0.4, 0.5) is 10.1 Å². The van der Waals surface area contributed by atoms with Gasteiger partial charge in [0.15, 0.2) is 0 Å². The zero-order valence-electron chi connectivity index (χ0n) is 12.1. The number of aryl methyl sites for hydroxylation is 2. The minimum Gasteiger partial charge on any atom is -0.492 e. The van der Waals surface area contributed by atoms with E-state index in [1.54, 1.807) is 12.1 Å². The van der Waals surface area contributed by atoms with Gasteiger partial charge in [-0.25, -0.2) is 4.39 Å². The summed E-state index contributed by atoms with van der Waals surface area (Å²) in [5.41, 5.74) is 3.81. The summed E-state index contributed by atoms with van der Waals surface area (Å²) < 4.78 is 18.6. The standard InChI is InChI=1S/C18H20FNO/c19-16-6-8-17(9-7-16)20-11-12-21-18-10-5-14-3-1-2-4-15(14)13-18/h5-10,13,20H,1-4,11-12H2. The predicted octanol–water partition coefficient (Wildman–Crippen LogP) is 4.20. The van der Waals surface area contributed by atoms with Crippen molar-refractivity contribution in [2.75, 3.05) is 18.5 Å². The summed E-state index contributed by atoms with van der Waals surface area (Å²) in [4.78, 5) is 0. The number of hydrogen-bond acceptors (Lipinski definition) is 2. The summed E-state index contributed by atoms with van der Waals surface area (Å²) >= 11 is 0. The first kappa shape index (κ1) is 13.9. The summed E-state index contributed by atoms with van der Waals surface area (Å²) in [6.07, 6.45) is 4.94. The molecule has 2 nitrogen and oxygen atoms in total. The van der Waals surface area contributed by atoms with Crippen LogP contribution in [0.2, 0.25) is 0 Å². The molecule has 1 N–H and O–H groups in total. The summed E-state index contributed by atoms with van der Waals surface area (Å²) in [5, 5.41) is 3.21. The first-order valence-electron chi connectivity index (χ1n) is 7.55. The maximum Gasteiger partial charge on any atom is 0.123 e. The molecule has 2 aromatic carbocycles. The number of hydrogen-bond donors (Lipinski definition) is 1. The van der Waals surface area contributed by atoms with E-state index in [4.69, 9.17) is 4.74 Å². The minimum absolute atomic E-state index is 0.217. The largest absolute Gasteiger partial charge is 0.492 e. The molecular formula is C18H20FNO. The first-order chi connectivity index (χ1) is 10.3. The van der Waals surface area contributed by atoms with Gasteiger partial charge in [-0.2, -0.15) is 0 Å². The Morgan fingerprint density at radius 2 is 1.71 bits per heavy atom. The normalized spacial score (nSPS) is 13.6. The van der Waals surface area contributed by atoms with Crippen molar-refractivity contribution in [1.82, 2.24) is 0 Å². The highest BCUT2D eigenvalue weighted by Gasteiger charge is 2.09. The molecular weight excluding hydrogens is 265 g/mol. The summed E-state index contributed by atoms with van der Waals surface area (Å²) in [6, 6.07) is 12.8. The molecule has 0 heterocycles. The second-order valence-corrected chi connectivity index (χ2v) is 5.42. The van der Waals surface area contributed by atoms with Gasteiger partial charge >= 0.3 is 0 Å². The molecule has 0 radical (unpaired) electrons. The van der Waals surface area contributed by atoms with Crippen molar-refractivity contribution in [1.29, 1.82) is 0 Å². The maximum atomic E-state index is 12.8. The number of halogens is 1. The Balaban J connectivity index is 1.48. The highest BCUT2D eigenvalue weighted by atomic mass is 19.1. The topological polar surface area (TPSA) is 21.3 Å². The molecule has 0 bridgehead atoms. The third-order valence-electron chi connectivity index (χ3n) is 3.86. The molecule has 0 saturated heterocycles. The van der Waals surface area contributed by atoms with Gasteiger partial charge < -0.3 is 10.1 Å². The van der Waals surface area contributed by atoms with Gasteiger partial charge in [-0.1, -0.05) is 6.07 Å². The Labute approximate surface area is 125 Å². The second kappa shape index (κ2) is 6.61. The molecule has 0 spiro atoms. The Morgan fingerprint density at radius 3 is 2.52 bits per heavy atom. The van der Waals surface area contributed by atoms with Crippen molar-refractivity contribution >= 4 is 5.69 Å². The van der Waals surface area contributed by atoms with Crippen LogP contribution in [0.3, 0.4) is 0 Å². The maximum absolute atomic E-state index is 12.8. The van der Waals surface area contributed by atoms with E-state index in [2.05, 4.69) is 23.5 Å². The quantitative estimate of drug-likeness (QED) is 0.831. The van der Waals surface area contributed by atoms with Gasteiger partial charge in [-0.3, -0.25) is 0 Å². The molecule has 1 aliphatic carbocycles. The van der Waals surface area contributed by atoms with E-state index in [-0.39, 0.29) is 5.82 Å². The molecule has 0 aliphatic heterocycles. The van der Waals surface area contributed by atoms with Crippen molar-refractivity contribution in [3.63, 3.8) is 0 Å². The molecule has 0 fully saturated rings. The monoisotopic (exact) mass is 285 g/mol. The number of nitrogens with one attached hydrogen (secondary N) is 1. The highest BCUT2D eigenvalue weighted by molar-refractivity contribution is 5.42. The predicted molar refractivity (Wildman–Crippen MR) is 83.5 cm³/mol. The number of ether oxygens (including phenoxy) is 1. The highest BCUT2D eigenvalue weighted by Crippen LogP contribution is 2.25. The van der Waals surface area contributed by atoms with Gasteiger partial charge in [-0.05, 0) is 73.2 Å². The van der Waals surface area contributed by atoms with Crippen molar-refractivity contribution in [3.05, 3.63) is 59.4 Å². The minimum atomic E-state index is -0.217. The van der Waals surface area contributed by atoms with Crippen LogP contribution < -0.4 is 10.1 Å². The molecule has 1 aliphatic rings.